The second kappa shape index (κ2) is 3.99. The molecular formula is C8H11NO3. The third kappa shape index (κ3) is 1.69. The smallest absolute Gasteiger partial charge is 0.205 e. The van der Waals surface area contributed by atoms with Crippen LogP contribution in [0.4, 0.5) is 0 Å². The van der Waals surface area contributed by atoms with E-state index in [2.05, 4.69) is 5.18 Å². The van der Waals surface area contributed by atoms with E-state index in [0.717, 1.165) is 12.8 Å². The van der Waals surface area contributed by atoms with Crippen molar-refractivity contribution in [3.8, 4) is 0 Å². The Morgan fingerprint density at radius 1 is 1.58 bits per heavy atom. The third-order valence-corrected chi connectivity index (χ3v) is 1.70. The molecule has 0 heterocycles. The average Bonchev–Trinajstić information content (AvgIpc) is 2.08. The molecule has 0 unspecified atom stereocenters. The molecular weight excluding hydrogens is 158 g/mol. The summed E-state index contributed by atoms with van der Waals surface area (Å²) >= 11 is 0. The van der Waals surface area contributed by atoms with Crippen molar-refractivity contribution < 1.29 is 9.53 Å². The van der Waals surface area contributed by atoms with Gasteiger partial charge in [0.05, 0.1) is 13.0 Å². The summed E-state index contributed by atoms with van der Waals surface area (Å²) in [5, 5.41) is 2.69. The van der Waals surface area contributed by atoms with Gasteiger partial charge < -0.3 is 4.74 Å². The Kier molecular flexibility index (Phi) is 2.96. The van der Waals surface area contributed by atoms with Crippen LogP contribution in [0.2, 0.25) is 0 Å². The number of nitrogens with zero attached hydrogens (tertiary/aromatic N) is 1. The minimum absolute atomic E-state index is 0.110. The number of hydrogen-bond acceptors (Lipinski definition) is 4. The van der Waals surface area contributed by atoms with Crippen LogP contribution in [0.1, 0.15) is 26.2 Å². The van der Waals surface area contributed by atoms with Gasteiger partial charge in [0, 0.05) is 0 Å². The highest BCUT2D eigenvalue weighted by molar-refractivity contribution is 6.02. The van der Waals surface area contributed by atoms with E-state index in [-0.39, 0.29) is 23.7 Å². The summed E-state index contributed by atoms with van der Waals surface area (Å²) < 4.78 is 5.07. The van der Waals surface area contributed by atoms with Crippen LogP contribution >= 0.6 is 0 Å². The number of ketones is 1. The second-order valence-electron chi connectivity index (χ2n) is 2.67. The van der Waals surface area contributed by atoms with E-state index >= 15 is 0 Å². The van der Waals surface area contributed by atoms with Gasteiger partial charge in [0.2, 0.25) is 5.78 Å². The molecule has 4 heteroatoms. The molecule has 0 bridgehead atoms. The van der Waals surface area contributed by atoms with Gasteiger partial charge in [0.1, 0.15) is 5.70 Å². The molecule has 0 saturated heterocycles. The van der Waals surface area contributed by atoms with E-state index in [0.29, 0.717) is 6.61 Å². The topological polar surface area (TPSA) is 55.7 Å². The number of nitroso groups, excluding NO2 is 1. The number of unbranched alkanes of at least 4 members (excludes halogenated alkanes) is 1. The molecule has 0 fully saturated rings. The fourth-order valence-corrected chi connectivity index (χ4v) is 0.923. The van der Waals surface area contributed by atoms with E-state index in [1.54, 1.807) is 0 Å². The molecule has 0 radical (unpaired) electrons. The normalized spacial score (nSPS) is 15.9. The Hall–Kier alpha value is -1.19. The van der Waals surface area contributed by atoms with Gasteiger partial charge in [-0.15, -0.1) is 4.91 Å². The van der Waals surface area contributed by atoms with Crippen molar-refractivity contribution in [1.82, 2.24) is 0 Å². The maximum Gasteiger partial charge on any atom is 0.205 e. The van der Waals surface area contributed by atoms with Crippen molar-refractivity contribution in [1.29, 1.82) is 0 Å². The zero-order valence-corrected chi connectivity index (χ0v) is 7.00. The summed E-state index contributed by atoms with van der Waals surface area (Å²) in [6.07, 6.45) is 2.04. The second-order valence-corrected chi connectivity index (χ2v) is 2.67. The standard InChI is InChI=1S/C8H11NO3/c1-2-3-4-12-8-6(9-11)5-7(8)10/h2-5H2,1H3. The molecule has 0 aromatic carbocycles. The number of carbonyl (C=O) groups excluding carboxylic acids is 1. The average molecular weight is 169 g/mol. The SMILES string of the molecule is CCCCOC1=C(N=O)CC1=O. The molecule has 12 heavy (non-hydrogen) atoms. The lowest BCUT2D eigenvalue weighted by Gasteiger charge is -2.16. The molecule has 4 nitrogen and oxygen atoms in total. The van der Waals surface area contributed by atoms with Gasteiger partial charge >= 0.3 is 0 Å². The Bertz CT molecular complexity index is 232. The van der Waals surface area contributed by atoms with Gasteiger partial charge in [-0.1, -0.05) is 13.3 Å². The summed E-state index contributed by atoms with van der Waals surface area (Å²) in [5.74, 6) is 0.0687. The van der Waals surface area contributed by atoms with Crippen LogP contribution in [0.15, 0.2) is 16.6 Å². The molecule has 66 valence electrons. The highest BCUT2D eigenvalue weighted by Gasteiger charge is 2.30. The highest BCUT2D eigenvalue weighted by atomic mass is 16.5. The molecule has 0 N–H and O–H groups in total. The first kappa shape index (κ1) is 8.90. The Balaban J connectivity index is 2.40. The number of rotatable bonds is 5. The van der Waals surface area contributed by atoms with E-state index in [9.17, 15) is 9.70 Å². The summed E-state index contributed by atoms with van der Waals surface area (Å²) in [6, 6.07) is 0. The van der Waals surface area contributed by atoms with Gasteiger partial charge in [-0.3, -0.25) is 4.79 Å². The fraction of sp³-hybridized carbons (Fsp3) is 0.625. The Morgan fingerprint density at radius 3 is 2.83 bits per heavy atom. The van der Waals surface area contributed by atoms with Crippen LogP contribution in [0.25, 0.3) is 0 Å². The number of Topliss-reactive ketones (excluding diaryl/α,β-unsaturated/α-hetero) is 1. The Labute approximate surface area is 70.6 Å². The quantitative estimate of drug-likeness (QED) is 0.465. The van der Waals surface area contributed by atoms with E-state index in [4.69, 9.17) is 4.74 Å². The van der Waals surface area contributed by atoms with Crippen LogP contribution in [0, 0.1) is 4.91 Å². The number of carbonyl (C=O) groups is 1. The number of allylic oxidation sites excluding steroid dienone is 2. The maximum absolute atomic E-state index is 10.8. The first-order valence-electron chi connectivity index (χ1n) is 4.02. The minimum Gasteiger partial charge on any atom is -0.488 e. The van der Waals surface area contributed by atoms with Crippen molar-refractivity contribution >= 4 is 5.78 Å². The summed E-state index contributed by atoms with van der Waals surface area (Å²) in [5.41, 5.74) is 0.260. The van der Waals surface area contributed by atoms with Gasteiger partial charge in [-0.2, -0.15) is 0 Å². The predicted molar refractivity (Wildman–Crippen MR) is 43.3 cm³/mol. The predicted octanol–water partition coefficient (Wildman–Crippen LogP) is 1.75. The summed E-state index contributed by atoms with van der Waals surface area (Å²) in [6.45, 7) is 2.52. The molecule has 0 amide bonds. The molecule has 0 aliphatic heterocycles. The summed E-state index contributed by atoms with van der Waals surface area (Å²) in [7, 11) is 0. The summed E-state index contributed by atoms with van der Waals surface area (Å²) in [4.78, 5) is 20.8. The van der Waals surface area contributed by atoms with Crippen molar-refractivity contribution in [2.45, 2.75) is 26.2 Å². The molecule has 0 spiro atoms. The van der Waals surface area contributed by atoms with Gasteiger partial charge in [0.15, 0.2) is 5.76 Å². The number of ether oxygens (including phenoxy) is 1. The van der Waals surface area contributed by atoms with E-state index in [1.807, 2.05) is 6.92 Å². The highest BCUT2D eigenvalue weighted by Crippen LogP contribution is 2.25. The van der Waals surface area contributed by atoms with Crippen LogP contribution in [-0.2, 0) is 9.53 Å². The lowest BCUT2D eigenvalue weighted by atomic mass is 10.0. The first-order chi connectivity index (χ1) is 5.79. The van der Waals surface area contributed by atoms with Crippen LogP contribution < -0.4 is 0 Å². The fourth-order valence-electron chi connectivity index (χ4n) is 0.923. The van der Waals surface area contributed by atoms with E-state index < -0.39 is 0 Å². The molecule has 0 aromatic heterocycles. The van der Waals surface area contributed by atoms with Gasteiger partial charge in [-0.25, -0.2) is 0 Å². The van der Waals surface area contributed by atoms with Crippen molar-refractivity contribution in [3.05, 3.63) is 16.4 Å². The molecule has 0 saturated carbocycles. The molecule has 0 aromatic rings. The minimum atomic E-state index is -0.110. The van der Waals surface area contributed by atoms with Gasteiger partial charge in [0.25, 0.3) is 0 Å². The van der Waals surface area contributed by atoms with Crippen LogP contribution in [0.3, 0.4) is 0 Å². The zero-order chi connectivity index (χ0) is 8.97. The zero-order valence-electron chi connectivity index (χ0n) is 7.00. The van der Waals surface area contributed by atoms with Crippen molar-refractivity contribution in [2.24, 2.45) is 5.18 Å². The van der Waals surface area contributed by atoms with Crippen LogP contribution in [-0.4, -0.2) is 12.4 Å². The number of hydrogen-bond donors (Lipinski definition) is 0. The lowest BCUT2D eigenvalue weighted by molar-refractivity contribution is -0.120. The van der Waals surface area contributed by atoms with Crippen molar-refractivity contribution in [2.75, 3.05) is 6.61 Å². The lowest BCUT2D eigenvalue weighted by Crippen LogP contribution is -2.19. The first-order valence-corrected chi connectivity index (χ1v) is 4.02. The third-order valence-electron chi connectivity index (χ3n) is 1.70. The van der Waals surface area contributed by atoms with Crippen LogP contribution in [0.5, 0.6) is 0 Å². The van der Waals surface area contributed by atoms with Crippen molar-refractivity contribution in [3.63, 3.8) is 0 Å². The van der Waals surface area contributed by atoms with E-state index in [1.165, 1.54) is 0 Å². The molecule has 1 aliphatic rings. The largest absolute Gasteiger partial charge is 0.488 e. The molecule has 1 rings (SSSR count). The Morgan fingerprint density at radius 2 is 2.33 bits per heavy atom. The monoisotopic (exact) mass is 169 g/mol. The molecule has 0 atom stereocenters. The van der Waals surface area contributed by atoms with Gasteiger partial charge in [-0.05, 0) is 11.6 Å². The maximum atomic E-state index is 10.8. The molecule has 1 aliphatic carbocycles.